The van der Waals surface area contributed by atoms with Gasteiger partial charge in [0.05, 0.1) is 16.4 Å². The maximum Gasteiger partial charge on any atom is 0.242 e. The highest BCUT2D eigenvalue weighted by atomic mass is 32.2. The summed E-state index contributed by atoms with van der Waals surface area (Å²) in [7, 11) is -3.30. The van der Waals surface area contributed by atoms with Crippen molar-refractivity contribution in [1.29, 1.82) is 0 Å². The fraction of sp³-hybridized carbons (Fsp3) is 0.538. The highest BCUT2D eigenvalue weighted by molar-refractivity contribution is 7.91. The molecule has 8 heteroatoms. The molecule has 2 rings (SSSR count). The Balaban J connectivity index is 1.98. The second-order valence-corrected chi connectivity index (χ2v) is 9.84. The van der Waals surface area contributed by atoms with E-state index in [0.717, 1.165) is 5.69 Å². The zero-order valence-corrected chi connectivity index (χ0v) is 13.7. The van der Waals surface area contributed by atoms with Crippen molar-refractivity contribution in [3.8, 4) is 0 Å². The molecule has 1 aliphatic rings. The van der Waals surface area contributed by atoms with Crippen molar-refractivity contribution in [2.45, 2.75) is 11.3 Å². The lowest BCUT2D eigenvalue weighted by Crippen LogP contribution is -2.22. The molecule has 1 N–H and O–H groups in total. The first-order valence-corrected chi connectivity index (χ1v) is 9.94. The van der Waals surface area contributed by atoms with Gasteiger partial charge in [-0.05, 0) is 36.6 Å². The van der Waals surface area contributed by atoms with E-state index in [4.69, 9.17) is 0 Å². The largest absolute Gasteiger partial charge is 0.385 e. The van der Waals surface area contributed by atoms with Gasteiger partial charge < -0.3 is 5.32 Å². The lowest BCUT2D eigenvalue weighted by atomic mass is 10.1. The van der Waals surface area contributed by atoms with Gasteiger partial charge >= 0.3 is 0 Å². The first kappa shape index (κ1) is 16.3. The van der Waals surface area contributed by atoms with Crippen LogP contribution in [0.25, 0.3) is 0 Å². The van der Waals surface area contributed by atoms with Crippen LogP contribution in [-0.4, -0.2) is 53.3 Å². The Hall–Kier alpha value is -1.12. The number of rotatable bonds is 5. The Morgan fingerprint density at radius 2 is 1.86 bits per heavy atom. The van der Waals surface area contributed by atoms with Crippen molar-refractivity contribution in [2.24, 2.45) is 5.92 Å². The predicted molar refractivity (Wildman–Crippen MR) is 82.6 cm³/mol. The minimum absolute atomic E-state index is 0.125. The van der Waals surface area contributed by atoms with Crippen LogP contribution in [0.3, 0.4) is 0 Å². The average molecular weight is 332 g/mol. The summed E-state index contributed by atoms with van der Waals surface area (Å²) in [5, 5.41) is 3.16. The summed E-state index contributed by atoms with van der Waals surface area (Å²) >= 11 is 0. The maximum absolute atomic E-state index is 11.9. The van der Waals surface area contributed by atoms with Crippen molar-refractivity contribution < 1.29 is 16.8 Å². The second-order valence-electron chi connectivity index (χ2n) is 5.46. The standard InChI is InChI=1S/C13H20N2O4S2/c1-15(2)21(18,19)13-5-3-12(4-6-13)14-9-11-7-8-20(16,17)10-11/h3-6,11,14H,7-10H2,1-2H3. The van der Waals surface area contributed by atoms with E-state index in [1.165, 1.54) is 18.4 Å². The molecule has 0 bridgehead atoms. The highest BCUT2D eigenvalue weighted by Gasteiger charge is 2.27. The van der Waals surface area contributed by atoms with Gasteiger partial charge in [0.1, 0.15) is 0 Å². The summed E-state index contributed by atoms with van der Waals surface area (Å²) in [6.45, 7) is 0.582. The van der Waals surface area contributed by atoms with E-state index < -0.39 is 19.9 Å². The molecule has 1 aliphatic heterocycles. The van der Waals surface area contributed by atoms with E-state index in [1.807, 2.05) is 0 Å². The first-order chi connectivity index (χ1) is 9.71. The Morgan fingerprint density at radius 1 is 1.24 bits per heavy atom. The van der Waals surface area contributed by atoms with Gasteiger partial charge in [0.25, 0.3) is 0 Å². The lowest BCUT2D eigenvalue weighted by Gasteiger charge is -2.13. The summed E-state index contributed by atoms with van der Waals surface area (Å²) in [6, 6.07) is 6.48. The molecule has 0 radical (unpaired) electrons. The fourth-order valence-electron chi connectivity index (χ4n) is 2.25. The van der Waals surface area contributed by atoms with Crippen LogP contribution in [-0.2, 0) is 19.9 Å². The van der Waals surface area contributed by atoms with Crippen molar-refractivity contribution in [3.05, 3.63) is 24.3 Å². The van der Waals surface area contributed by atoms with Crippen molar-refractivity contribution >= 4 is 25.5 Å². The van der Waals surface area contributed by atoms with Crippen LogP contribution in [0.5, 0.6) is 0 Å². The molecular formula is C13H20N2O4S2. The predicted octanol–water partition coefficient (Wildman–Crippen LogP) is 0.783. The van der Waals surface area contributed by atoms with Gasteiger partial charge in [-0.25, -0.2) is 21.1 Å². The number of hydrogen-bond donors (Lipinski definition) is 1. The molecule has 0 spiro atoms. The molecule has 1 unspecified atom stereocenters. The van der Waals surface area contributed by atoms with Gasteiger partial charge in [-0.2, -0.15) is 0 Å². The minimum atomic E-state index is -3.41. The smallest absolute Gasteiger partial charge is 0.242 e. The summed E-state index contributed by atoms with van der Waals surface area (Å²) in [5.74, 6) is 0.618. The molecule has 1 saturated heterocycles. The number of sulfonamides is 1. The molecule has 21 heavy (non-hydrogen) atoms. The number of nitrogens with one attached hydrogen (secondary N) is 1. The molecule has 0 aliphatic carbocycles. The molecule has 1 heterocycles. The molecule has 118 valence electrons. The van der Waals surface area contributed by atoms with Gasteiger partial charge in [-0.15, -0.1) is 0 Å². The summed E-state index contributed by atoms with van der Waals surface area (Å²) in [5.41, 5.74) is 0.789. The average Bonchev–Trinajstić information content (AvgIpc) is 2.76. The van der Waals surface area contributed by atoms with Crippen LogP contribution in [0.2, 0.25) is 0 Å². The third-order valence-corrected chi connectivity index (χ3v) is 7.22. The summed E-state index contributed by atoms with van der Waals surface area (Å²) < 4.78 is 47.8. The third kappa shape index (κ3) is 3.96. The number of hydrogen-bond acceptors (Lipinski definition) is 5. The third-order valence-electron chi connectivity index (χ3n) is 3.55. The van der Waals surface area contributed by atoms with E-state index >= 15 is 0 Å². The van der Waals surface area contributed by atoms with Gasteiger partial charge in [0, 0.05) is 26.3 Å². The molecular weight excluding hydrogens is 312 g/mol. The highest BCUT2D eigenvalue weighted by Crippen LogP contribution is 2.20. The van der Waals surface area contributed by atoms with E-state index in [-0.39, 0.29) is 22.3 Å². The van der Waals surface area contributed by atoms with Gasteiger partial charge in [0.15, 0.2) is 9.84 Å². The Labute approximate surface area is 126 Å². The molecule has 1 aromatic rings. The van der Waals surface area contributed by atoms with Crippen LogP contribution < -0.4 is 5.32 Å². The molecule has 1 atom stereocenters. The Bertz CT molecular complexity index is 694. The minimum Gasteiger partial charge on any atom is -0.385 e. The summed E-state index contributed by atoms with van der Waals surface area (Å²) in [6.07, 6.45) is 0.683. The number of anilines is 1. The number of benzene rings is 1. The van der Waals surface area contributed by atoms with Crippen LogP contribution in [0, 0.1) is 5.92 Å². The van der Waals surface area contributed by atoms with Crippen LogP contribution >= 0.6 is 0 Å². The molecule has 1 fully saturated rings. The maximum atomic E-state index is 11.9. The lowest BCUT2D eigenvalue weighted by molar-refractivity contribution is 0.520. The second kappa shape index (κ2) is 5.94. The van der Waals surface area contributed by atoms with E-state index in [2.05, 4.69) is 5.32 Å². The van der Waals surface area contributed by atoms with E-state index in [1.54, 1.807) is 24.3 Å². The molecule has 0 amide bonds. The van der Waals surface area contributed by atoms with E-state index in [0.29, 0.717) is 13.0 Å². The van der Waals surface area contributed by atoms with Crippen molar-refractivity contribution in [3.63, 3.8) is 0 Å². The fourth-order valence-corrected chi connectivity index (χ4v) is 5.01. The Kier molecular flexibility index (Phi) is 4.60. The number of nitrogens with zero attached hydrogens (tertiary/aromatic N) is 1. The molecule has 0 saturated carbocycles. The van der Waals surface area contributed by atoms with Crippen molar-refractivity contribution in [2.75, 3.05) is 37.5 Å². The summed E-state index contributed by atoms with van der Waals surface area (Å²) in [4.78, 5) is 0.237. The topological polar surface area (TPSA) is 83.6 Å². The van der Waals surface area contributed by atoms with Crippen LogP contribution in [0.4, 0.5) is 5.69 Å². The normalized spacial score (nSPS) is 21.6. The van der Waals surface area contributed by atoms with Gasteiger partial charge in [0.2, 0.25) is 10.0 Å². The van der Waals surface area contributed by atoms with Gasteiger partial charge in [-0.1, -0.05) is 0 Å². The monoisotopic (exact) mass is 332 g/mol. The zero-order valence-electron chi connectivity index (χ0n) is 12.1. The Morgan fingerprint density at radius 3 is 2.33 bits per heavy atom. The number of sulfone groups is 1. The van der Waals surface area contributed by atoms with Gasteiger partial charge in [-0.3, -0.25) is 0 Å². The molecule has 1 aromatic carbocycles. The first-order valence-electron chi connectivity index (χ1n) is 6.67. The van der Waals surface area contributed by atoms with Crippen LogP contribution in [0.1, 0.15) is 6.42 Å². The van der Waals surface area contributed by atoms with Crippen LogP contribution in [0.15, 0.2) is 29.2 Å². The molecule has 6 nitrogen and oxygen atoms in total. The zero-order chi connectivity index (χ0) is 15.7. The molecule has 0 aromatic heterocycles. The van der Waals surface area contributed by atoms with E-state index in [9.17, 15) is 16.8 Å². The SMILES string of the molecule is CN(C)S(=O)(=O)c1ccc(NCC2CCS(=O)(=O)C2)cc1. The quantitative estimate of drug-likeness (QED) is 0.861. The van der Waals surface area contributed by atoms with Crippen molar-refractivity contribution in [1.82, 2.24) is 4.31 Å².